The van der Waals surface area contributed by atoms with Gasteiger partial charge in [0.2, 0.25) is 0 Å². The van der Waals surface area contributed by atoms with Crippen molar-refractivity contribution < 1.29 is 4.79 Å². The minimum atomic E-state index is 0.783. The number of rotatable bonds is 2. The fourth-order valence-electron chi connectivity index (χ4n) is 1.56. The van der Waals surface area contributed by atoms with Crippen LogP contribution in [0, 0.1) is 13.8 Å². The minimum Gasteiger partial charge on any atom is -0.297 e. The summed E-state index contributed by atoms with van der Waals surface area (Å²) in [5, 5.41) is 0. The van der Waals surface area contributed by atoms with E-state index in [0.29, 0.717) is 0 Å². The Hall–Kier alpha value is -1.41. The molecule has 0 bridgehead atoms. The molecular formula is C13H12OS. The molecule has 0 saturated heterocycles. The van der Waals surface area contributed by atoms with Crippen molar-refractivity contribution >= 4 is 17.6 Å². The molecular weight excluding hydrogens is 204 g/mol. The van der Waals surface area contributed by atoms with E-state index in [4.69, 9.17) is 0 Å². The van der Waals surface area contributed by atoms with E-state index in [0.717, 1.165) is 11.2 Å². The van der Waals surface area contributed by atoms with Gasteiger partial charge in [-0.1, -0.05) is 23.8 Å². The van der Waals surface area contributed by atoms with Crippen molar-refractivity contribution in [1.82, 2.24) is 0 Å². The van der Waals surface area contributed by atoms with E-state index >= 15 is 0 Å². The predicted molar refractivity (Wildman–Crippen MR) is 64.6 cm³/mol. The summed E-state index contributed by atoms with van der Waals surface area (Å²) in [5.41, 5.74) is 3.73. The fourth-order valence-corrected chi connectivity index (χ4v) is 2.47. The first kappa shape index (κ1) is 10.1. The van der Waals surface area contributed by atoms with E-state index in [9.17, 15) is 4.79 Å². The number of carbonyl (C=O) groups excluding carboxylic acids is 1. The largest absolute Gasteiger partial charge is 0.297 e. The zero-order valence-corrected chi connectivity index (χ0v) is 9.60. The minimum absolute atomic E-state index is 0.783. The van der Waals surface area contributed by atoms with Crippen LogP contribution in [-0.2, 0) is 0 Å². The Morgan fingerprint density at radius 1 is 1.13 bits per heavy atom. The number of thiophene rings is 1. The lowest BCUT2D eigenvalue weighted by molar-refractivity contribution is 0.112. The number of carbonyl (C=O) groups is 1. The Morgan fingerprint density at radius 3 is 2.60 bits per heavy atom. The lowest BCUT2D eigenvalue weighted by Crippen LogP contribution is -1.81. The smallest absolute Gasteiger partial charge is 0.160 e. The molecule has 1 aromatic heterocycles. The van der Waals surface area contributed by atoms with E-state index in [-0.39, 0.29) is 0 Å². The van der Waals surface area contributed by atoms with Crippen LogP contribution in [0.3, 0.4) is 0 Å². The maximum atomic E-state index is 10.6. The van der Waals surface area contributed by atoms with Crippen LogP contribution >= 0.6 is 11.3 Å². The van der Waals surface area contributed by atoms with Gasteiger partial charge in [-0.2, -0.15) is 0 Å². The second-order valence-corrected chi connectivity index (χ2v) is 4.75. The molecule has 0 atom stereocenters. The molecule has 1 nitrogen and oxygen atoms in total. The van der Waals surface area contributed by atoms with Gasteiger partial charge in [0.25, 0.3) is 0 Å². The summed E-state index contributed by atoms with van der Waals surface area (Å²) >= 11 is 1.54. The van der Waals surface area contributed by atoms with Crippen LogP contribution in [0.25, 0.3) is 10.4 Å². The maximum absolute atomic E-state index is 10.6. The zero-order chi connectivity index (χ0) is 10.8. The van der Waals surface area contributed by atoms with Gasteiger partial charge >= 0.3 is 0 Å². The topological polar surface area (TPSA) is 17.1 Å². The van der Waals surface area contributed by atoms with E-state index in [1.54, 1.807) is 11.3 Å². The standard InChI is InChI=1S/C13H12OS/c1-9-3-4-10(2)12(7-9)13-6-5-11(8-14)15-13/h3-8H,1-2H3. The van der Waals surface area contributed by atoms with Crippen LogP contribution in [0.2, 0.25) is 0 Å². The Morgan fingerprint density at radius 2 is 1.93 bits per heavy atom. The first-order valence-electron chi connectivity index (χ1n) is 4.83. The van der Waals surface area contributed by atoms with E-state index in [1.165, 1.54) is 21.6 Å². The number of benzene rings is 1. The monoisotopic (exact) mass is 216 g/mol. The molecule has 76 valence electrons. The van der Waals surface area contributed by atoms with Gasteiger partial charge in [-0.05, 0) is 37.1 Å². The lowest BCUT2D eigenvalue weighted by atomic mass is 10.0. The highest BCUT2D eigenvalue weighted by Gasteiger charge is 2.05. The molecule has 15 heavy (non-hydrogen) atoms. The molecule has 0 spiro atoms. The first-order chi connectivity index (χ1) is 7.20. The second-order valence-electron chi connectivity index (χ2n) is 3.64. The molecule has 0 N–H and O–H groups in total. The van der Waals surface area contributed by atoms with Crippen LogP contribution < -0.4 is 0 Å². The Kier molecular flexibility index (Phi) is 2.69. The number of hydrogen-bond acceptors (Lipinski definition) is 2. The molecule has 0 unspecified atom stereocenters. The van der Waals surface area contributed by atoms with Crippen molar-refractivity contribution in [3.8, 4) is 10.4 Å². The molecule has 0 fully saturated rings. The maximum Gasteiger partial charge on any atom is 0.160 e. The molecule has 0 saturated carbocycles. The van der Waals surface area contributed by atoms with Crippen molar-refractivity contribution in [2.24, 2.45) is 0 Å². The highest BCUT2D eigenvalue weighted by molar-refractivity contribution is 7.17. The van der Waals surface area contributed by atoms with Crippen molar-refractivity contribution in [2.45, 2.75) is 13.8 Å². The Labute approximate surface area is 93.4 Å². The van der Waals surface area contributed by atoms with E-state index in [2.05, 4.69) is 32.0 Å². The third kappa shape index (κ3) is 2.00. The Bertz CT molecular complexity index is 497. The quantitative estimate of drug-likeness (QED) is 0.697. The molecule has 0 aliphatic heterocycles. The average molecular weight is 216 g/mol. The molecule has 2 rings (SSSR count). The molecule has 0 aliphatic carbocycles. The number of aryl methyl sites for hydroxylation is 2. The SMILES string of the molecule is Cc1ccc(C)c(-c2ccc(C=O)s2)c1. The summed E-state index contributed by atoms with van der Waals surface area (Å²) in [7, 11) is 0. The van der Waals surface area contributed by atoms with Gasteiger partial charge in [0.05, 0.1) is 4.88 Å². The van der Waals surface area contributed by atoms with Gasteiger partial charge in [0.1, 0.15) is 0 Å². The zero-order valence-electron chi connectivity index (χ0n) is 8.78. The van der Waals surface area contributed by atoms with E-state index < -0.39 is 0 Å². The van der Waals surface area contributed by atoms with Gasteiger partial charge < -0.3 is 0 Å². The molecule has 0 radical (unpaired) electrons. The summed E-state index contributed by atoms with van der Waals surface area (Å²) in [4.78, 5) is 12.6. The highest BCUT2D eigenvalue weighted by atomic mass is 32.1. The van der Waals surface area contributed by atoms with Gasteiger partial charge in [-0.15, -0.1) is 11.3 Å². The molecule has 0 aliphatic rings. The predicted octanol–water partition coefficient (Wildman–Crippen LogP) is 3.84. The van der Waals surface area contributed by atoms with Crippen LogP contribution in [0.1, 0.15) is 20.8 Å². The third-order valence-electron chi connectivity index (χ3n) is 2.40. The lowest BCUT2D eigenvalue weighted by Gasteiger charge is -2.03. The number of aldehydes is 1. The fraction of sp³-hybridized carbons (Fsp3) is 0.154. The number of hydrogen-bond donors (Lipinski definition) is 0. The van der Waals surface area contributed by atoms with Gasteiger partial charge in [0, 0.05) is 4.88 Å². The van der Waals surface area contributed by atoms with Crippen LogP contribution in [0.5, 0.6) is 0 Å². The van der Waals surface area contributed by atoms with Crippen LogP contribution in [0.4, 0.5) is 0 Å². The van der Waals surface area contributed by atoms with Gasteiger partial charge in [0.15, 0.2) is 6.29 Å². The van der Waals surface area contributed by atoms with E-state index in [1.807, 2.05) is 12.1 Å². The van der Waals surface area contributed by atoms with Crippen molar-refractivity contribution in [1.29, 1.82) is 0 Å². The molecule has 1 aromatic carbocycles. The summed E-state index contributed by atoms with van der Waals surface area (Å²) in [6, 6.07) is 10.3. The van der Waals surface area contributed by atoms with Crippen LogP contribution in [0.15, 0.2) is 30.3 Å². The summed E-state index contributed by atoms with van der Waals surface area (Å²) < 4.78 is 0. The summed E-state index contributed by atoms with van der Waals surface area (Å²) in [6.45, 7) is 4.17. The normalized spacial score (nSPS) is 10.3. The van der Waals surface area contributed by atoms with Crippen molar-refractivity contribution in [3.05, 3.63) is 46.3 Å². The van der Waals surface area contributed by atoms with Crippen LogP contribution in [-0.4, -0.2) is 6.29 Å². The van der Waals surface area contributed by atoms with Gasteiger partial charge in [-0.25, -0.2) is 0 Å². The average Bonchev–Trinajstić information content (AvgIpc) is 2.70. The summed E-state index contributed by atoms with van der Waals surface area (Å²) in [5.74, 6) is 0. The van der Waals surface area contributed by atoms with Crippen molar-refractivity contribution in [3.63, 3.8) is 0 Å². The van der Waals surface area contributed by atoms with Crippen molar-refractivity contribution in [2.75, 3.05) is 0 Å². The molecule has 1 heterocycles. The first-order valence-corrected chi connectivity index (χ1v) is 5.65. The van der Waals surface area contributed by atoms with Gasteiger partial charge in [-0.3, -0.25) is 4.79 Å². The second kappa shape index (κ2) is 3.99. The highest BCUT2D eigenvalue weighted by Crippen LogP contribution is 2.30. The molecule has 2 heteroatoms. The molecule has 0 amide bonds. The Balaban J connectivity index is 2.52. The molecule has 2 aromatic rings. The third-order valence-corrected chi connectivity index (χ3v) is 3.45. The summed E-state index contributed by atoms with van der Waals surface area (Å²) in [6.07, 6.45) is 0.902.